The first kappa shape index (κ1) is 13.3. The van der Waals surface area contributed by atoms with Gasteiger partial charge in [0, 0.05) is 11.6 Å². The lowest BCUT2D eigenvalue weighted by atomic mass is 9.93. The molecule has 0 atom stereocenters. The molecule has 0 saturated heterocycles. The van der Waals surface area contributed by atoms with E-state index in [1.807, 2.05) is 41.2 Å². The van der Waals surface area contributed by atoms with Crippen molar-refractivity contribution in [2.75, 3.05) is 0 Å². The molecular formula is C15H19N3O. The minimum Gasteiger partial charge on any atom is -0.369 e. The molecule has 0 aliphatic rings. The largest absolute Gasteiger partial charge is 0.369 e. The minimum absolute atomic E-state index is 0.0239. The Morgan fingerprint density at radius 1 is 1.32 bits per heavy atom. The number of amides is 1. The number of primary amides is 1. The molecule has 0 bridgehead atoms. The van der Waals surface area contributed by atoms with E-state index in [0.717, 1.165) is 16.9 Å². The van der Waals surface area contributed by atoms with Crippen LogP contribution in [0.15, 0.2) is 36.5 Å². The molecule has 4 nitrogen and oxygen atoms in total. The summed E-state index contributed by atoms with van der Waals surface area (Å²) in [6, 6.07) is 9.71. The second-order valence-corrected chi connectivity index (χ2v) is 5.71. The summed E-state index contributed by atoms with van der Waals surface area (Å²) in [6.07, 6.45) is 2.19. The van der Waals surface area contributed by atoms with Gasteiger partial charge in [0.1, 0.15) is 0 Å². The van der Waals surface area contributed by atoms with Crippen LogP contribution in [0.4, 0.5) is 0 Å². The van der Waals surface area contributed by atoms with E-state index in [0.29, 0.717) is 0 Å². The fourth-order valence-corrected chi connectivity index (χ4v) is 1.88. The van der Waals surface area contributed by atoms with Crippen molar-refractivity contribution >= 4 is 5.91 Å². The molecule has 19 heavy (non-hydrogen) atoms. The van der Waals surface area contributed by atoms with Crippen molar-refractivity contribution in [3.05, 3.63) is 47.8 Å². The van der Waals surface area contributed by atoms with E-state index in [4.69, 9.17) is 5.73 Å². The number of nitrogens with zero attached hydrogens (tertiary/aromatic N) is 2. The Morgan fingerprint density at radius 2 is 2.05 bits per heavy atom. The molecule has 0 saturated carbocycles. The maximum Gasteiger partial charge on any atom is 0.221 e. The first-order valence-corrected chi connectivity index (χ1v) is 6.30. The first-order chi connectivity index (χ1) is 8.86. The summed E-state index contributed by atoms with van der Waals surface area (Å²) in [6.45, 7) is 6.38. The molecule has 2 N–H and O–H groups in total. The van der Waals surface area contributed by atoms with Crippen molar-refractivity contribution < 1.29 is 4.79 Å². The standard InChI is InChI=1S/C15H19N3O/c1-15(2,3)13-7-8-18(17-13)12-6-4-5-11(9-12)10-14(16)19/h4-9H,10H2,1-3H3,(H2,16,19). The van der Waals surface area contributed by atoms with E-state index < -0.39 is 0 Å². The van der Waals surface area contributed by atoms with Gasteiger partial charge in [0.2, 0.25) is 5.91 Å². The molecule has 0 unspecified atom stereocenters. The van der Waals surface area contributed by atoms with Crippen LogP contribution in [0.2, 0.25) is 0 Å². The number of aromatic nitrogens is 2. The second kappa shape index (κ2) is 4.88. The lowest BCUT2D eigenvalue weighted by molar-refractivity contribution is -0.117. The maximum absolute atomic E-state index is 11.0. The predicted molar refractivity (Wildman–Crippen MR) is 75.2 cm³/mol. The molecular weight excluding hydrogens is 238 g/mol. The minimum atomic E-state index is -0.326. The number of carbonyl (C=O) groups excluding carboxylic acids is 1. The predicted octanol–water partition coefficient (Wildman–Crippen LogP) is 2.20. The van der Waals surface area contributed by atoms with Gasteiger partial charge in [0.15, 0.2) is 0 Å². The van der Waals surface area contributed by atoms with Crippen LogP contribution in [-0.4, -0.2) is 15.7 Å². The number of nitrogens with two attached hydrogens (primary N) is 1. The van der Waals surface area contributed by atoms with Crippen molar-refractivity contribution in [3.63, 3.8) is 0 Å². The molecule has 0 aliphatic carbocycles. The Bertz CT molecular complexity index is 593. The number of carbonyl (C=O) groups is 1. The summed E-state index contributed by atoms with van der Waals surface area (Å²) in [5.74, 6) is -0.326. The van der Waals surface area contributed by atoms with Gasteiger partial charge < -0.3 is 5.73 Å². The van der Waals surface area contributed by atoms with Gasteiger partial charge in [0.05, 0.1) is 17.8 Å². The van der Waals surface area contributed by atoms with Gasteiger partial charge in [-0.3, -0.25) is 4.79 Å². The Balaban J connectivity index is 2.31. The number of benzene rings is 1. The maximum atomic E-state index is 11.0. The Kier molecular flexibility index (Phi) is 3.42. The van der Waals surface area contributed by atoms with Crippen LogP contribution in [0.5, 0.6) is 0 Å². The molecule has 2 rings (SSSR count). The summed E-state index contributed by atoms with van der Waals surface area (Å²) in [4.78, 5) is 11.0. The topological polar surface area (TPSA) is 60.9 Å². The third kappa shape index (κ3) is 3.22. The van der Waals surface area contributed by atoms with Crippen molar-refractivity contribution in [1.82, 2.24) is 9.78 Å². The van der Waals surface area contributed by atoms with Crippen LogP contribution in [0.25, 0.3) is 5.69 Å². The zero-order valence-electron chi connectivity index (χ0n) is 11.6. The van der Waals surface area contributed by atoms with Crippen LogP contribution in [0, 0.1) is 0 Å². The fraction of sp³-hybridized carbons (Fsp3) is 0.333. The Morgan fingerprint density at radius 3 is 2.63 bits per heavy atom. The second-order valence-electron chi connectivity index (χ2n) is 5.71. The van der Waals surface area contributed by atoms with Gasteiger partial charge >= 0.3 is 0 Å². The summed E-state index contributed by atoms with van der Waals surface area (Å²) in [5.41, 5.74) is 8.11. The molecule has 0 fully saturated rings. The van der Waals surface area contributed by atoms with Crippen LogP contribution < -0.4 is 5.73 Å². The third-order valence-corrected chi connectivity index (χ3v) is 2.91. The van der Waals surface area contributed by atoms with Crippen LogP contribution >= 0.6 is 0 Å². The monoisotopic (exact) mass is 257 g/mol. The Hall–Kier alpha value is -2.10. The number of hydrogen-bond acceptors (Lipinski definition) is 2. The van der Waals surface area contributed by atoms with Crippen molar-refractivity contribution in [2.45, 2.75) is 32.6 Å². The number of rotatable bonds is 3. The molecule has 1 amide bonds. The van der Waals surface area contributed by atoms with Crippen molar-refractivity contribution in [1.29, 1.82) is 0 Å². The highest BCUT2D eigenvalue weighted by atomic mass is 16.1. The quantitative estimate of drug-likeness (QED) is 0.916. The van der Waals surface area contributed by atoms with E-state index in [2.05, 4.69) is 25.9 Å². The van der Waals surface area contributed by atoms with Gasteiger partial charge in [-0.1, -0.05) is 32.9 Å². The van der Waals surface area contributed by atoms with Gasteiger partial charge in [-0.05, 0) is 23.8 Å². The summed E-state index contributed by atoms with van der Waals surface area (Å²) < 4.78 is 1.82. The molecule has 4 heteroatoms. The molecule has 0 spiro atoms. The highest BCUT2D eigenvalue weighted by Crippen LogP contribution is 2.21. The van der Waals surface area contributed by atoms with Gasteiger partial charge in [-0.15, -0.1) is 0 Å². The molecule has 0 aliphatic heterocycles. The summed E-state index contributed by atoms with van der Waals surface area (Å²) >= 11 is 0. The number of hydrogen-bond donors (Lipinski definition) is 1. The average molecular weight is 257 g/mol. The normalized spacial score (nSPS) is 11.5. The third-order valence-electron chi connectivity index (χ3n) is 2.91. The molecule has 1 aromatic carbocycles. The van der Waals surface area contributed by atoms with E-state index in [9.17, 15) is 4.79 Å². The van der Waals surface area contributed by atoms with Crippen molar-refractivity contribution in [2.24, 2.45) is 5.73 Å². The Labute approximate surface area is 113 Å². The van der Waals surface area contributed by atoms with Crippen LogP contribution in [0.1, 0.15) is 32.0 Å². The first-order valence-electron chi connectivity index (χ1n) is 6.30. The molecule has 0 radical (unpaired) electrons. The zero-order chi connectivity index (χ0) is 14.0. The molecule has 1 heterocycles. The lowest BCUT2D eigenvalue weighted by Gasteiger charge is -2.14. The van der Waals surface area contributed by atoms with E-state index in [-0.39, 0.29) is 17.7 Å². The van der Waals surface area contributed by atoms with E-state index in [1.165, 1.54) is 0 Å². The summed E-state index contributed by atoms with van der Waals surface area (Å²) in [5, 5.41) is 4.57. The fourth-order valence-electron chi connectivity index (χ4n) is 1.88. The summed E-state index contributed by atoms with van der Waals surface area (Å²) in [7, 11) is 0. The lowest BCUT2D eigenvalue weighted by Crippen LogP contribution is -2.14. The molecule has 2 aromatic rings. The average Bonchev–Trinajstić information content (AvgIpc) is 2.77. The molecule has 1 aromatic heterocycles. The highest BCUT2D eigenvalue weighted by Gasteiger charge is 2.17. The van der Waals surface area contributed by atoms with Crippen molar-refractivity contribution in [3.8, 4) is 5.69 Å². The van der Waals surface area contributed by atoms with Gasteiger partial charge in [-0.2, -0.15) is 5.10 Å². The van der Waals surface area contributed by atoms with Crippen LogP contribution in [-0.2, 0) is 16.6 Å². The smallest absolute Gasteiger partial charge is 0.221 e. The van der Waals surface area contributed by atoms with Gasteiger partial charge in [-0.25, -0.2) is 4.68 Å². The SMILES string of the molecule is CC(C)(C)c1ccn(-c2cccc(CC(N)=O)c2)n1. The molecule has 100 valence electrons. The van der Waals surface area contributed by atoms with E-state index >= 15 is 0 Å². The van der Waals surface area contributed by atoms with Gasteiger partial charge in [0.25, 0.3) is 0 Å². The van der Waals surface area contributed by atoms with E-state index in [1.54, 1.807) is 0 Å². The highest BCUT2D eigenvalue weighted by molar-refractivity contribution is 5.76. The zero-order valence-corrected chi connectivity index (χ0v) is 11.6. The van der Waals surface area contributed by atoms with Crippen LogP contribution in [0.3, 0.4) is 0 Å².